The first-order chi connectivity index (χ1) is 7.79. The molecule has 16 heavy (non-hydrogen) atoms. The number of amides is 1. The van der Waals surface area contributed by atoms with Gasteiger partial charge in [-0.1, -0.05) is 0 Å². The Hall–Kier alpha value is -2.22. The maximum atomic E-state index is 10.9. The van der Waals surface area contributed by atoms with Gasteiger partial charge in [-0.05, 0) is 12.1 Å². The van der Waals surface area contributed by atoms with Gasteiger partial charge in [-0.3, -0.25) is 4.79 Å². The third kappa shape index (κ3) is 2.23. The van der Waals surface area contributed by atoms with Crippen molar-refractivity contribution in [3.8, 4) is 17.6 Å². The number of rotatable bonds is 1. The van der Waals surface area contributed by atoms with Crippen LogP contribution in [0.2, 0.25) is 0 Å². The largest absolute Gasteiger partial charge is 0.490 e. The Labute approximate surface area is 92.6 Å². The van der Waals surface area contributed by atoms with E-state index in [0.29, 0.717) is 30.4 Å². The van der Waals surface area contributed by atoms with Crippen LogP contribution in [0.15, 0.2) is 18.2 Å². The zero-order chi connectivity index (χ0) is 11.4. The molecule has 1 aromatic rings. The van der Waals surface area contributed by atoms with E-state index in [1.165, 1.54) is 6.07 Å². The number of fused-ring (bicyclic) bond motifs is 1. The Balaban J connectivity index is 2.21. The summed E-state index contributed by atoms with van der Waals surface area (Å²) >= 11 is 0. The second-order valence-corrected chi connectivity index (χ2v) is 3.28. The van der Waals surface area contributed by atoms with E-state index < -0.39 is 5.91 Å². The summed E-state index contributed by atoms with van der Waals surface area (Å²) in [5, 5.41) is 10.8. The molecule has 0 saturated heterocycles. The number of benzene rings is 1. The van der Waals surface area contributed by atoms with E-state index >= 15 is 0 Å². The average molecular weight is 218 g/mol. The second-order valence-electron chi connectivity index (χ2n) is 3.28. The molecule has 1 N–H and O–H groups in total. The zero-order valence-electron chi connectivity index (χ0n) is 8.53. The number of ether oxygens (including phenoxy) is 2. The molecular formula is C11H10N2O3. The number of carbonyl (C=O) groups is 1. The van der Waals surface area contributed by atoms with Gasteiger partial charge in [0, 0.05) is 18.2 Å². The minimum absolute atomic E-state index is 0.524. The Bertz CT molecular complexity index is 451. The van der Waals surface area contributed by atoms with Gasteiger partial charge < -0.3 is 14.8 Å². The molecule has 5 nitrogen and oxygen atoms in total. The highest BCUT2D eigenvalue weighted by atomic mass is 16.5. The van der Waals surface area contributed by atoms with Crippen LogP contribution >= 0.6 is 0 Å². The Morgan fingerprint density at radius 3 is 2.81 bits per heavy atom. The van der Waals surface area contributed by atoms with Gasteiger partial charge >= 0.3 is 5.91 Å². The summed E-state index contributed by atoms with van der Waals surface area (Å²) < 4.78 is 10.9. The van der Waals surface area contributed by atoms with E-state index in [4.69, 9.17) is 14.7 Å². The predicted molar refractivity (Wildman–Crippen MR) is 56.3 cm³/mol. The third-order valence-electron chi connectivity index (χ3n) is 2.11. The lowest BCUT2D eigenvalue weighted by atomic mass is 10.2. The summed E-state index contributed by atoms with van der Waals surface area (Å²) in [6.45, 7) is 1.21. The Morgan fingerprint density at radius 1 is 1.31 bits per heavy atom. The number of hydrogen-bond acceptors (Lipinski definition) is 4. The van der Waals surface area contributed by atoms with Crippen molar-refractivity contribution in [2.75, 3.05) is 18.5 Å². The first-order valence-electron chi connectivity index (χ1n) is 4.90. The van der Waals surface area contributed by atoms with Gasteiger partial charge in [0.2, 0.25) is 0 Å². The van der Waals surface area contributed by atoms with E-state index in [1.54, 1.807) is 18.2 Å². The third-order valence-corrected chi connectivity index (χ3v) is 2.11. The number of nitrogens with one attached hydrogen (secondary N) is 1. The maximum Gasteiger partial charge on any atom is 0.326 e. The fraction of sp³-hybridized carbons (Fsp3) is 0.273. The summed E-state index contributed by atoms with van der Waals surface area (Å²) in [5.41, 5.74) is 0.524. The van der Waals surface area contributed by atoms with Crippen molar-refractivity contribution in [1.29, 1.82) is 5.26 Å². The van der Waals surface area contributed by atoms with Gasteiger partial charge in [-0.2, -0.15) is 5.26 Å². The van der Waals surface area contributed by atoms with E-state index in [9.17, 15) is 4.79 Å². The molecule has 1 aliphatic heterocycles. The molecule has 1 aromatic carbocycles. The summed E-state index contributed by atoms with van der Waals surface area (Å²) in [6.07, 6.45) is 0.828. The van der Waals surface area contributed by atoms with Gasteiger partial charge in [0.05, 0.1) is 13.2 Å². The van der Waals surface area contributed by atoms with Gasteiger partial charge in [0.25, 0.3) is 0 Å². The summed E-state index contributed by atoms with van der Waals surface area (Å²) in [7, 11) is 0. The number of nitriles is 1. The van der Waals surface area contributed by atoms with Crippen LogP contribution in [0.5, 0.6) is 11.5 Å². The molecule has 1 amide bonds. The van der Waals surface area contributed by atoms with Crippen molar-refractivity contribution in [3.63, 3.8) is 0 Å². The quantitative estimate of drug-likeness (QED) is 0.721. The summed E-state index contributed by atoms with van der Waals surface area (Å²) in [4.78, 5) is 10.9. The average Bonchev–Trinajstić information content (AvgIpc) is 2.53. The maximum absolute atomic E-state index is 10.9. The van der Waals surface area contributed by atoms with Crippen LogP contribution < -0.4 is 14.8 Å². The molecule has 0 aromatic heterocycles. The zero-order valence-corrected chi connectivity index (χ0v) is 8.53. The van der Waals surface area contributed by atoms with E-state index in [-0.39, 0.29) is 0 Å². The highest BCUT2D eigenvalue weighted by Gasteiger charge is 2.11. The van der Waals surface area contributed by atoms with Gasteiger partial charge in [0.15, 0.2) is 17.6 Å². The van der Waals surface area contributed by atoms with E-state index in [1.807, 2.05) is 0 Å². The van der Waals surface area contributed by atoms with E-state index in [2.05, 4.69) is 5.32 Å². The molecule has 0 atom stereocenters. The molecule has 0 unspecified atom stereocenters. The topological polar surface area (TPSA) is 71.4 Å². The number of hydrogen-bond donors (Lipinski definition) is 1. The monoisotopic (exact) mass is 218 g/mol. The van der Waals surface area contributed by atoms with Crippen LogP contribution in [-0.2, 0) is 4.79 Å². The SMILES string of the molecule is N#CC(=O)Nc1ccc2c(c1)OCCCO2. The lowest BCUT2D eigenvalue weighted by Crippen LogP contribution is -2.08. The number of carbonyl (C=O) groups excluding carboxylic acids is 1. The molecule has 5 heteroatoms. The second kappa shape index (κ2) is 4.53. The Morgan fingerprint density at radius 2 is 2.06 bits per heavy atom. The van der Waals surface area contributed by atoms with Crippen molar-refractivity contribution in [3.05, 3.63) is 18.2 Å². The molecule has 0 radical (unpaired) electrons. The van der Waals surface area contributed by atoms with Crippen molar-refractivity contribution in [1.82, 2.24) is 0 Å². The fourth-order valence-electron chi connectivity index (χ4n) is 1.40. The Kier molecular flexibility index (Phi) is 2.92. The molecule has 0 aliphatic carbocycles. The molecule has 1 aliphatic rings. The summed E-state index contributed by atoms with van der Waals surface area (Å²) in [6, 6.07) is 6.52. The first-order valence-corrected chi connectivity index (χ1v) is 4.90. The molecule has 1 heterocycles. The van der Waals surface area contributed by atoms with Crippen LogP contribution in [0.1, 0.15) is 6.42 Å². The highest BCUT2D eigenvalue weighted by molar-refractivity contribution is 6.02. The molecule has 0 spiro atoms. The van der Waals surface area contributed by atoms with Gasteiger partial charge in [0.1, 0.15) is 0 Å². The van der Waals surface area contributed by atoms with Crippen LogP contribution in [0.25, 0.3) is 0 Å². The minimum Gasteiger partial charge on any atom is -0.490 e. The van der Waals surface area contributed by atoms with Crippen molar-refractivity contribution in [2.45, 2.75) is 6.42 Å². The summed E-state index contributed by atoms with van der Waals surface area (Å²) in [5.74, 6) is 0.551. The molecule has 82 valence electrons. The lowest BCUT2D eigenvalue weighted by Gasteiger charge is -2.08. The fourth-order valence-corrected chi connectivity index (χ4v) is 1.40. The molecule has 0 saturated carbocycles. The smallest absolute Gasteiger partial charge is 0.326 e. The minimum atomic E-state index is -0.700. The molecular weight excluding hydrogens is 208 g/mol. The molecule has 2 rings (SSSR count). The van der Waals surface area contributed by atoms with Crippen LogP contribution in [0.4, 0.5) is 5.69 Å². The van der Waals surface area contributed by atoms with Crippen LogP contribution in [-0.4, -0.2) is 19.1 Å². The molecule has 0 bridgehead atoms. The van der Waals surface area contributed by atoms with Crippen molar-refractivity contribution < 1.29 is 14.3 Å². The normalized spacial score (nSPS) is 13.4. The first kappa shape index (κ1) is 10.3. The van der Waals surface area contributed by atoms with Crippen LogP contribution in [0.3, 0.4) is 0 Å². The van der Waals surface area contributed by atoms with Crippen molar-refractivity contribution in [2.24, 2.45) is 0 Å². The highest BCUT2D eigenvalue weighted by Crippen LogP contribution is 2.32. The van der Waals surface area contributed by atoms with Gasteiger partial charge in [-0.25, -0.2) is 0 Å². The molecule has 0 fully saturated rings. The van der Waals surface area contributed by atoms with Crippen molar-refractivity contribution >= 4 is 11.6 Å². The van der Waals surface area contributed by atoms with Gasteiger partial charge in [-0.15, -0.1) is 0 Å². The lowest BCUT2D eigenvalue weighted by molar-refractivity contribution is -0.111. The van der Waals surface area contributed by atoms with E-state index in [0.717, 1.165) is 6.42 Å². The predicted octanol–water partition coefficient (Wildman–Crippen LogP) is 1.31. The van der Waals surface area contributed by atoms with Crippen LogP contribution in [0, 0.1) is 11.3 Å². The number of nitrogens with zero attached hydrogens (tertiary/aromatic N) is 1. The number of anilines is 1. The standard InChI is InChI=1S/C11H10N2O3/c12-7-11(14)13-8-2-3-9-10(6-8)16-5-1-4-15-9/h2-3,6H,1,4-5H2,(H,13,14).